The van der Waals surface area contributed by atoms with Crippen molar-refractivity contribution in [1.29, 1.82) is 0 Å². The Morgan fingerprint density at radius 3 is 2.55 bits per heavy atom. The molecule has 0 bridgehead atoms. The van der Waals surface area contributed by atoms with E-state index >= 15 is 0 Å². The van der Waals surface area contributed by atoms with Gasteiger partial charge in [-0.05, 0) is 37.8 Å². The summed E-state index contributed by atoms with van der Waals surface area (Å²) in [6.45, 7) is 2.89. The van der Waals surface area contributed by atoms with Crippen LogP contribution < -0.4 is 10.6 Å². The largest absolute Gasteiger partial charge is 0.416 e. The standard InChI is InChI=1S/C19H26F3N3O2S.HI/c1-2-23-17(25-16-7-10-28(26,27)12-16)24-13-18(8-4-9-18)14-5-3-6-15(11-14)19(20,21)22;/h3,5-6,11,16H,2,4,7-10,12-13H2,1H3,(H2,23,24,25);1H. The summed E-state index contributed by atoms with van der Waals surface area (Å²) in [5, 5.41) is 6.27. The number of guanidine groups is 1. The monoisotopic (exact) mass is 545 g/mol. The van der Waals surface area contributed by atoms with Gasteiger partial charge in [0.25, 0.3) is 0 Å². The van der Waals surface area contributed by atoms with Gasteiger partial charge in [0.2, 0.25) is 0 Å². The van der Waals surface area contributed by atoms with Gasteiger partial charge in [0.1, 0.15) is 0 Å². The molecule has 1 aliphatic heterocycles. The van der Waals surface area contributed by atoms with E-state index in [1.807, 2.05) is 6.92 Å². The van der Waals surface area contributed by atoms with Crippen molar-refractivity contribution in [3.05, 3.63) is 35.4 Å². The third-order valence-electron chi connectivity index (χ3n) is 5.57. The van der Waals surface area contributed by atoms with Crippen LogP contribution in [-0.4, -0.2) is 45.0 Å². The molecular weight excluding hydrogens is 518 g/mol. The van der Waals surface area contributed by atoms with Gasteiger partial charge in [-0.3, -0.25) is 4.99 Å². The van der Waals surface area contributed by atoms with Crippen LogP contribution in [0.25, 0.3) is 0 Å². The molecule has 3 rings (SSSR count). The van der Waals surface area contributed by atoms with E-state index < -0.39 is 27.0 Å². The maximum Gasteiger partial charge on any atom is 0.416 e. The molecule has 2 N–H and O–H groups in total. The SMILES string of the molecule is CCNC(=NCC1(c2cccc(C(F)(F)F)c2)CCC1)NC1CCS(=O)(=O)C1.I. The Labute approximate surface area is 186 Å². The fourth-order valence-corrected chi connectivity index (χ4v) is 5.49. The molecule has 0 aromatic heterocycles. The van der Waals surface area contributed by atoms with Gasteiger partial charge in [-0.15, -0.1) is 24.0 Å². The molecule has 1 heterocycles. The number of nitrogens with zero attached hydrogens (tertiary/aromatic N) is 1. The number of rotatable bonds is 5. The molecule has 2 fully saturated rings. The Bertz CT molecular complexity index is 839. The highest BCUT2D eigenvalue weighted by Crippen LogP contribution is 2.45. The number of benzene rings is 1. The molecule has 1 saturated heterocycles. The predicted octanol–water partition coefficient (Wildman–Crippen LogP) is 3.49. The minimum absolute atomic E-state index is 0. The molecule has 1 aromatic carbocycles. The third kappa shape index (κ3) is 5.99. The van der Waals surface area contributed by atoms with E-state index in [9.17, 15) is 21.6 Å². The van der Waals surface area contributed by atoms with Crippen molar-refractivity contribution in [2.45, 2.75) is 50.2 Å². The second-order valence-corrected chi connectivity index (χ2v) is 9.88. The molecule has 0 spiro atoms. The highest BCUT2D eigenvalue weighted by molar-refractivity contribution is 14.0. The van der Waals surface area contributed by atoms with E-state index in [1.54, 1.807) is 6.07 Å². The molecule has 1 aromatic rings. The molecule has 1 unspecified atom stereocenters. The Balaban J connectivity index is 0.00000300. The molecule has 0 amide bonds. The molecule has 2 aliphatic rings. The number of nitrogens with one attached hydrogen (secondary N) is 2. The normalized spacial score (nSPS) is 23.0. The van der Waals surface area contributed by atoms with E-state index in [2.05, 4.69) is 15.6 Å². The van der Waals surface area contributed by atoms with Crippen LogP contribution in [0, 0.1) is 0 Å². The number of hydrogen-bond acceptors (Lipinski definition) is 3. The van der Waals surface area contributed by atoms with Gasteiger partial charge in [-0.1, -0.05) is 24.6 Å². The number of halogens is 4. The maximum absolute atomic E-state index is 13.1. The van der Waals surface area contributed by atoms with E-state index in [0.29, 0.717) is 31.0 Å². The van der Waals surface area contributed by atoms with Gasteiger partial charge in [-0.2, -0.15) is 13.2 Å². The fraction of sp³-hybridized carbons (Fsp3) is 0.632. The molecule has 0 radical (unpaired) electrons. The summed E-state index contributed by atoms with van der Waals surface area (Å²) in [4.78, 5) is 4.61. The Morgan fingerprint density at radius 2 is 2.03 bits per heavy atom. The summed E-state index contributed by atoms with van der Waals surface area (Å²) in [7, 11) is -3.01. The smallest absolute Gasteiger partial charge is 0.357 e. The lowest BCUT2D eigenvalue weighted by Gasteiger charge is -2.41. The van der Waals surface area contributed by atoms with Crippen LogP contribution in [0.5, 0.6) is 0 Å². The van der Waals surface area contributed by atoms with Crippen molar-refractivity contribution < 1.29 is 21.6 Å². The Morgan fingerprint density at radius 1 is 1.31 bits per heavy atom. The summed E-state index contributed by atoms with van der Waals surface area (Å²) in [5.41, 5.74) is -0.371. The lowest BCUT2D eigenvalue weighted by Crippen LogP contribution is -2.45. The minimum atomic E-state index is -4.37. The highest BCUT2D eigenvalue weighted by Gasteiger charge is 2.40. The van der Waals surface area contributed by atoms with Gasteiger partial charge in [0.05, 0.1) is 23.6 Å². The van der Waals surface area contributed by atoms with Gasteiger partial charge < -0.3 is 10.6 Å². The first-order chi connectivity index (χ1) is 13.1. The van der Waals surface area contributed by atoms with Crippen LogP contribution in [0.4, 0.5) is 13.2 Å². The fourth-order valence-electron chi connectivity index (χ4n) is 3.82. The van der Waals surface area contributed by atoms with Gasteiger partial charge in [0.15, 0.2) is 15.8 Å². The molecule has 164 valence electrons. The first kappa shape index (κ1) is 24.2. The number of sulfone groups is 1. The van der Waals surface area contributed by atoms with Gasteiger partial charge >= 0.3 is 6.18 Å². The van der Waals surface area contributed by atoms with E-state index in [-0.39, 0.29) is 41.5 Å². The van der Waals surface area contributed by atoms with Crippen molar-refractivity contribution in [2.24, 2.45) is 4.99 Å². The van der Waals surface area contributed by atoms with Crippen molar-refractivity contribution in [2.75, 3.05) is 24.6 Å². The Kier molecular flexibility index (Phi) is 7.86. The summed E-state index contributed by atoms with van der Waals surface area (Å²) in [5.74, 6) is 0.761. The van der Waals surface area contributed by atoms with Crippen LogP contribution in [-0.2, 0) is 21.4 Å². The predicted molar refractivity (Wildman–Crippen MR) is 119 cm³/mol. The third-order valence-corrected chi connectivity index (χ3v) is 7.34. The summed E-state index contributed by atoms with van der Waals surface area (Å²) in [6, 6.07) is 5.33. The van der Waals surface area contributed by atoms with E-state index in [0.717, 1.165) is 25.3 Å². The molecule has 10 heteroatoms. The lowest BCUT2D eigenvalue weighted by atomic mass is 9.64. The zero-order valence-corrected chi connectivity index (χ0v) is 19.4. The first-order valence-corrected chi connectivity index (χ1v) is 11.4. The van der Waals surface area contributed by atoms with Crippen molar-refractivity contribution >= 4 is 39.8 Å². The van der Waals surface area contributed by atoms with Crippen LogP contribution in [0.1, 0.15) is 43.7 Å². The van der Waals surface area contributed by atoms with E-state index in [4.69, 9.17) is 0 Å². The molecule has 1 atom stereocenters. The summed E-state index contributed by atoms with van der Waals surface area (Å²) < 4.78 is 62.6. The summed E-state index contributed by atoms with van der Waals surface area (Å²) in [6.07, 6.45) is -1.30. The van der Waals surface area contributed by atoms with Crippen LogP contribution in [0.15, 0.2) is 29.3 Å². The highest BCUT2D eigenvalue weighted by atomic mass is 127. The zero-order chi connectivity index (χ0) is 20.4. The average molecular weight is 545 g/mol. The van der Waals surface area contributed by atoms with Crippen LogP contribution >= 0.6 is 24.0 Å². The zero-order valence-electron chi connectivity index (χ0n) is 16.3. The minimum Gasteiger partial charge on any atom is -0.357 e. The average Bonchev–Trinajstić information content (AvgIpc) is 2.92. The molecule has 1 saturated carbocycles. The van der Waals surface area contributed by atoms with Gasteiger partial charge in [0, 0.05) is 18.0 Å². The second-order valence-electron chi connectivity index (χ2n) is 7.65. The second kappa shape index (κ2) is 9.40. The molecule has 5 nitrogen and oxygen atoms in total. The number of hydrogen-bond donors (Lipinski definition) is 2. The van der Waals surface area contributed by atoms with Crippen LogP contribution in [0.2, 0.25) is 0 Å². The van der Waals surface area contributed by atoms with Gasteiger partial charge in [-0.25, -0.2) is 8.42 Å². The maximum atomic E-state index is 13.1. The summed E-state index contributed by atoms with van der Waals surface area (Å²) >= 11 is 0. The topological polar surface area (TPSA) is 70.6 Å². The lowest BCUT2D eigenvalue weighted by molar-refractivity contribution is -0.137. The van der Waals surface area contributed by atoms with Crippen molar-refractivity contribution in [1.82, 2.24) is 10.6 Å². The van der Waals surface area contributed by atoms with E-state index in [1.165, 1.54) is 12.1 Å². The van der Waals surface area contributed by atoms with Crippen molar-refractivity contribution in [3.8, 4) is 0 Å². The number of alkyl halides is 3. The first-order valence-electron chi connectivity index (χ1n) is 9.57. The van der Waals surface area contributed by atoms with Crippen LogP contribution in [0.3, 0.4) is 0 Å². The Hall–Kier alpha value is -1.04. The number of aliphatic imine (C=N–C) groups is 1. The quantitative estimate of drug-likeness (QED) is 0.338. The molecular formula is C19H27F3IN3O2S. The molecule has 1 aliphatic carbocycles. The molecule has 29 heavy (non-hydrogen) atoms. The van der Waals surface area contributed by atoms with Crippen molar-refractivity contribution in [3.63, 3.8) is 0 Å².